The zero-order chi connectivity index (χ0) is 23.3. The van der Waals surface area contributed by atoms with Gasteiger partial charge in [-0.15, -0.1) is 0 Å². The maximum absolute atomic E-state index is 12.0. The van der Waals surface area contributed by atoms with Crippen molar-refractivity contribution >= 4 is 23.3 Å². The molecule has 7 nitrogen and oxygen atoms in total. The Morgan fingerprint density at radius 2 is 2.00 bits per heavy atom. The van der Waals surface area contributed by atoms with Crippen molar-refractivity contribution in [3.8, 4) is 5.75 Å². The number of phenols is 1. The molecule has 0 radical (unpaired) electrons. The van der Waals surface area contributed by atoms with Crippen LogP contribution in [0.1, 0.15) is 47.2 Å². The van der Waals surface area contributed by atoms with E-state index in [4.69, 9.17) is 33.5 Å². The van der Waals surface area contributed by atoms with Gasteiger partial charge < -0.3 is 31.9 Å². The highest BCUT2D eigenvalue weighted by molar-refractivity contribution is 6.31. The first-order valence-electron chi connectivity index (χ1n) is 10.5. The van der Waals surface area contributed by atoms with E-state index in [9.17, 15) is 9.90 Å². The van der Waals surface area contributed by atoms with Gasteiger partial charge in [0.05, 0.1) is 17.9 Å². The molecule has 1 aliphatic heterocycles. The smallest absolute Gasteiger partial charge is 0.338 e. The average molecular weight is 457 g/mol. The van der Waals surface area contributed by atoms with Crippen LogP contribution < -0.4 is 17.2 Å². The number of hydrogen-bond acceptors (Lipinski definition) is 7. The fraction of sp³-hybridized carbons (Fsp3) is 0.292. The molecule has 0 aromatic heterocycles. The van der Waals surface area contributed by atoms with Crippen molar-refractivity contribution in [2.75, 3.05) is 19.7 Å². The second-order valence-electron chi connectivity index (χ2n) is 7.70. The lowest BCUT2D eigenvalue weighted by Crippen LogP contribution is -2.36. The number of phenolic OH excluding ortho intramolecular Hbond substituents is 1. The van der Waals surface area contributed by atoms with E-state index >= 15 is 0 Å². The number of allylic oxidation sites excluding steroid dienone is 1. The molecule has 1 heterocycles. The number of hydrogen-bond donors (Lipinski definition) is 4. The molecule has 32 heavy (non-hydrogen) atoms. The summed E-state index contributed by atoms with van der Waals surface area (Å²) in [5.41, 5.74) is 21.1. The summed E-state index contributed by atoms with van der Waals surface area (Å²) in [7, 11) is 0. The van der Waals surface area contributed by atoms with Gasteiger partial charge in [-0.2, -0.15) is 0 Å². The first kappa shape index (κ1) is 23.3. The summed E-state index contributed by atoms with van der Waals surface area (Å²) in [5, 5.41) is 10.6. The molecule has 0 bridgehead atoms. The van der Waals surface area contributed by atoms with Gasteiger partial charge in [0.25, 0.3) is 0 Å². The summed E-state index contributed by atoms with van der Waals surface area (Å²) >= 11 is 6.53. The number of rotatable bonds is 6. The van der Waals surface area contributed by atoms with Crippen LogP contribution in [0.3, 0.4) is 0 Å². The third-order valence-electron chi connectivity index (χ3n) is 5.52. The summed E-state index contributed by atoms with van der Waals surface area (Å²) in [6.07, 6.45) is 3.53. The molecule has 3 rings (SSSR count). The van der Waals surface area contributed by atoms with E-state index in [0.29, 0.717) is 40.7 Å². The molecule has 170 valence electrons. The van der Waals surface area contributed by atoms with Crippen molar-refractivity contribution in [2.24, 2.45) is 17.2 Å². The zero-order valence-electron chi connectivity index (χ0n) is 18.1. The lowest BCUT2D eigenvalue weighted by Gasteiger charge is -2.36. The van der Waals surface area contributed by atoms with Gasteiger partial charge in [-0.05, 0) is 55.7 Å². The minimum atomic E-state index is -0.392. The second kappa shape index (κ2) is 10.3. The van der Waals surface area contributed by atoms with Crippen molar-refractivity contribution in [1.82, 2.24) is 4.90 Å². The minimum Gasteiger partial charge on any atom is -0.507 e. The normalized spacial score (nSPS) is 16.5. The molecule has 1 unspecified atom stereocenters. The van der Waals surface area contributed by atoms with Crippen LogP contribution in [0.2, 0.25) is 5.02 Å². The summed E-state index contributed by atoms with van der Waals surface area (Å²) in [6, 6.07) is 12.1. The van der Waals surface area contributed by atoms with E-state index in [2.05, 4.69) is 4.90 Å². The molecule has 8 heteroatoms. The monoisotopic (exact) mass is 456 g/mol. The number of carbonyl (C=O) groups excluding carboxylic acids is 1. The molecule has 0 spiro atoms. The molecule has 0 saturated carbocycles. The number of esters is 1. The predicted octanol–water partition coefficient (Wildman–Crippen LogP) is 3.49. The van der Waals surface area contributed by atoms with Crippen LogP contribution in [0.15, 0.2) is 60.1 Å². The van der Waals surface area contributed by atoms with Crippen molar-refractivity contribution in [2.45, 2.75) is 25.7 Å². The maximum atomic E-state index is 12.0. The van der Waals surface area contributed by atoms with Crippen molar-refractivity contribution < 1.29 is 14.6 Å². The second-order valence-corrected chi connectivity index (χ2v) is 8.11. The third-order valence-corrected chi connectivity index (χ3v) is 5.84. The van der Waals surface area contributed by atoms with E-state index < -0.39 is 5.97 Å². The van der Waals surface area contributed by atoms with Gasteiger partial charge in [-0.3, -0.25) is 0 Å². The Bertz CT molecular complexity index is 1050. The zero-order valence-corrected chi connectivity index (χ0v) is 18.8. The Balaban J connectivity index is 1.84. The summed E-state index contributed by atoms with van der Waals surface area (Å²) in [6.45, 7) is 3.46. The van der Waals surface area contributed by atoms with Gasteiger partial charge in [-0.1, -0.05) is 29.8 Å². The van der Waals surface area contributed by atoms with Crippen LogP contribution in [-0.4, -0.2) is 35.7 Å². The average Bonchev–Trinajstić information content (AvgIpc) is 2.77. The molecule has 1 saturated heterocycles. The Kier molecular flexibility index (Phi) is 7.53. The SMILES string of the molecule is CCOC(=O)c1ccc(C2CCCN(C(/C=C(\N)c3ccccc3O)=C(N)N)C2)c(Cl)c1. The van der Waals surface area contributed by atoms with E-state index in [1.807, 2.05) is 6.07 Å². The Morgan fingerprint density at radius 1 is 1.25 bits per heavy atom. The minimum absolute atomic E-state index is 0.0844. The molecule has 2 aromatic carbocycles. The molecule has 7 N–H and O–H groups in total. The standard InChI is InChI=1S/C24H29ClN4O3/c1-2-32-24(31)15-9-10-17(19(25)12-15)16-6-5-11-29(14-16)21(23(27)28)13-20(26)18-7-3-4-8-22(18)30/h3-4,7-10,12-13,16,30H,2,5-6,11,14,26-28H2,1H3/b20-13-. The molecular formula is C24H29ClN4O3. The number of aromatic hydroxyl groups is 1. The van der Waals surface area contributed by atoms with Gasteiger partial charge >= 0.3 is 5.97 Å². The van der Waals surface area contributed by atoms with E-state index in [-0.39, 0.29) is 17.5 Å². The van der Waals surface area contributed by atoms with Crippen LogP contribution in [0.25, 0.3) is 5.70 Å². The molecule has 1 aliphatic rings. The summed E-state index contributed by atoms with van der Waals surface area (Å²) in [4.78, 5) is 14.1. The topological polar surface area (TPSA) is 128 Å². The number of halogens is 1. The quantitative estimate of drug-likeness (QED) is 0.387. The predicted molar refractivity (Wildman–Crippen MR) is 127 cm³/mol. The van der Waals surface area contributed by atoms with Crippen LogP contribution in [0, 0.1) is 0 Å². The number of benzene rings is 2. The molecule has 0 aliphatic carbocycles. The largest absolute Gasteiger partial charge is 0.507 e. The molecule has 1 fully saturated rings. The summed E-state index contributed by atoms with van der Waals surface area (Å²) in [5.74, 6) is -0.0346. The van der Waals surface area contributed by atoms with Crippen LogP contribution in [-0.2, 0) is 4.74 Å². The number of ether oxygens (including phenoxy) is 1. The van der Waals surface area contributed by atoms with Gasteiger partial charge in [0.2, 0.25) is 0 Å². The highest BCUT2D eigenvalue weighted by Gasteiger charge is 2.25. The van der Waals surface area contributed by atoms with E-state index in [1.165, 1.54) is 0 Å². The Morgan fingerprint density at radius 3 is 2.66 bits per heavy atom. The number of piperidine rings is 1. The molecular weight excluding hydrogens is 428 g/mol. The van der Waals surface area contributed by atoms with Gasteiger partial charge in [0, 0.05) is 35.3 Å². The summed E-state index contributed by atoms with van der Waals surface area (Å²) < 4.78 is 5.05. The van der Waals surface area contributed by atoms with E-state index in [0.717, 1.165) is 24.9 Å². The van der Waals surface area contributed by atoms with Crippen molar-refractivity contribution in [1.29, 1.82) is 0 Å². The number of nitrogens with zero attached hydrogens (tertiary/aromatic N) is 1. The first-order valence-corrected chi connectivity index (χ1v) is 10.9. The van der Waals surface area contributed by atoms with Crippen LogP contribution in [0.5, 0.6) is 5.75 Å². The molecule has 1 atom stereocenters. The van der Waals surface area contributed by atoms with Crippen LogP contribution in [0.4, 0.5) is 0 Å². The van der Waals surface area contributed by atoms with Gasteiger partial charge in [-0.25, -0.2) is 4.79 Å². The first-order chi connectivity index (χ1) is 15.3. The molecule has 0 amide bonds. The molecule has 2 aromatic rings. The fourth-order valence-corrected chi connectivity index (χ4v) is 4.28. The lowest BCUT2D eigenvalue weighted by atomic mass is 9.89. The highest BCUT2D eigenvalue weighted by Crippen LogP contribution is 2.34. The lowest BCUT2D eigenvalue weighted by molar-refractivity contribution is 0.0526. The Hall–Kier alpha value is -3.32. The number of carbonyl (C=O) groups is 1. The van der Waals surface area contributed by atoms with Crippen molar-refractivity contribution in [3.63, 3.8) is 0 Å². The third kappa shape index (κ3) is 5.29. The van der Waals surface area contributed by atoms with Gasteiger partial charge in [0.15, 0.2) is 0 Å². The number of para-hydroxylation sites is 1. The highest BCUT2D eigenvalue weighted by atomic mass is 35.5. The number of nitrogens with two attached hydrogens (primary N) is 3. The fourth-order valence-electron chi connectivity index (χ4n) is 3.95. The van der Waals surface area contributed by atoms with Crippen molar-refractivity contribution in [3.05, 3.63) is 81.8 Å². The van der Waals surface area contributed by atoms with Gasteiger partial charge in [0.1, 0.15) is 11.6 Å². The van der Waals surface area contributed by atoms with E-state index in [1.54, 1.807) is 49.4 Å². The van der Waals surface area contributed by atoms with Crippen LogP contribution >= 0.6 is 11.6 Å². The maximum Gasteiger partial charge on any atom is 0.338 e. The Labute approximate surface area is 193 Å². The number of likely N-dealkylation sites (tertiary alicyclic amines) is 1.